The van der Waals surface area contributed by atoms with Crippen LogP contribution >= 0.6 is 0 Å². The molecule has 0 aromatic heterocycles. The van der Waals surface area contributed by atoms with Crippen LogP contribution in [0.25, 0.3) is 0 Å². The van der Waals surface area contributed by atoms with Crippen LogP contribution < -0.4 is 0 Å². The molecule has 0 saturated carbocycles. The molecule has 15 heavy (non-hydrogen) atoms. The number of carboxylic acid groups (broad SMARTS) is 2. The van der Waals surface area contributed by atoms with Gasteiger partial charge < -0.3 is 0 Å². The molecule has 78 valence electrons. The van der Waals surface area contributed by atoms with E-state index in [1.807, 2.05) is 0 Å². The standard InChI is InChI=1S/C10H8O4Se/c11-9(12)7-4-2-1-3-6(7)5-8(15)10(13)14/h1-4H,5H2,(H,11,12)(H,13,14). The molecule has 0 heterocycles. The molecule has 0 aliphatic carbocycles. The predicted molar refractivity (Wildman–Crippen MR) is 55.5 cm³/mol. The third kappa shape index (κ3) is 3.01. The second-order valence-electron chi connectivity index (χ2n) is 2.87. The van der Waals surface area contributed by atoms with Gasteiger partial charge in [0.2, 0.25) is 0 Å². The molecule has 0 aliphatic heterocycles. The van der Waals surface area contributed by atoms with Gasteiger partial charge in [0.15, 0.2) is 0 Å². The summed E-state index contributed by atoms with van der Waals surface area (Å²) in [5.41, 5.74) is 0.618. The normalized spacial score (nSPS) is 9.60. The molecule has 0 fully saturated rings. The first kappa shape index (κ1) is 11.6. The molecule has 0 amide bonds. The van der Waals surface area contributed by atoms with Crippen molar-refractivity contribution in [3.05, 3.63) is 35.4 Å². The second-order valence-corrected chi connectivity index (χ2v) is 3.90. The zero-order valence-corrected chi connectivity index (χ0v) is 9.35. The number of carboxylic acids is 2. The van der Waals surface area contributed by atoms with Crippen LogP contribution in [-0.2, 0) is 11.2 Å². The number of aromatic carboxylic acids is 1. The average Bonchev–Trinajstić information content (AvgIpc) is 2.18. The van der Waals surface area contributed by atoms with Gasteiger partial charge in [-0.25, -0.2) is 0 Å². The van der Waals surface area contributed by atoms with Gasteiger partial charge in [-0.15, -0.1) is 0 Å². The van der Waals surface area contributed by atoms with Crippen LogP contribution in [0.5, 0.6) is 0 Å². The topological polar surface area (TPSA) is 74.6 Å². The molecule has 0 unspecified atom stereocenters. The third-order valence-electron chi connectivity index (χ3n) is 1.84. The molecule has 1 aromatic rings. The fraction of sp³-hybridized carbons (Fsp3) is 0.100. The summed E-state index contributed by atoms with van der Waals surface area (Å²) in [4.78, 5) is 21.4. The van der Waals surface area contributed by atoms with E-state index in [2.05, 4.69) is 15.6 Å². The van der Waals surface area contributed by atoms with Crippen molar-refractivity contribution in [2.45, 2.75) is 6.42 Å². The van der Waals surface area contributed by atoms with E-state index in [0.717, 1.165) is 0 Å². The van der Waals surface area contributed by atoms with Crippen molar-refractivity contribution in [2.75, 3.05) is 0 Å². The molecule has 0 radical (unpaired) electrons. The van der Waals surface area contributed by atoms with Crippen molar-refractivity contribution < 1.29 is 19.8 Å². The summed E-state index contributed by atoms with van der Waals surface area (Å²) in [5, 5.41) is 17.5. The molecule has 0 aliphatic rings. The average molecular weight is 271 g/mol. The number of carbonyl (C=O) groups is 2. The SMILES string of the molecule is O=C(O)C(=[Se])Cc1ccccc1C(=O)O. The van der Waals surface area contributed by atoms with Crippen LogP contribution in [0.4, 0.5) is 0 Å². The maximum atomic E-state index is 10.8. The van der Waals surface area contributed by atoms with Crippen molar-refractivity contribution >= 4 is 31.9 Å². The van der Waals surface area contributed by atoms with E-state index in [1.54, 1.807) is 18.2 Å². The molecule has 0 bridgehead atoms. The summed E-state index contributed by atoms with van der Waals surface area (Å²) in [5.74, 6) is -2.11. The van der Waals surface area contributed by atoms with Gasteiger partial charge in [0.25, 0.3) is 0 Å². The number of hydrogen-bond donors (Lipinski definition) is 2. The van der Waals surface area contributed by atoms with E-state index in [9.17, 15) is 9.59 Å². The number of benzene rings is 1. The number of rotatable bonds is 4. The van der Waals surface area contributed by atoms with Gasteiger partial charge in [-0.3, -0.25) is 0 Å². The van der Waals surface area contributed by atoms with E-state index in [1.165, 1.54) is 6.07 Å². The Morgan fingerprint density at radius 1 is 1.20 bits per heavy atom. The van der Waals surface area contributed by atoms with Gasteiger partial charge in [0.1, 0.15) is 0 Å². The Hall–Kier alpha value is -1.45. The van der Waals surface area contributed by atoms with E-state index in [4.69, 9.17) is 10.2 Å². The van der Waals surface area contributed by atoms with Gasteiger partial charge in [0.05, 0.1) is 0 Å². The van der Waals surface area contributed by atoms with Crippen LogP contribution in [-0.4, -0.2) is 42.1 Å². The Morgan fingerprint density at radius 3 is 2.33 bits per heavy atom. The van der Waals surface area contributed by atoms with Crippen LogP contribution in [0, 0.1) is 0 Å². The van der Waals surface area contributed by atoms with Gasteiger partial charge in [0, 0.05) is 0 Å². The van der Waals surface area contributed by atoms with E-state index in [-0.39, 0.29) is 16.4 Å². The van der Waals surface area contributed by atoms with Crippen LogP contribution in [0.1, 0.15) is 15.9 Å². The maximum absolute atomic E-state index is 10.8. The minimum atomic E-state index is -1.06. The molecule has 0 spiro atoms. The summed E-state index contributed by atoms with van der Waals surface area (Å²) >= 11 is 2.42. The fourth-order valence-electron chi connectivity index (χ4n) is 1.13. The third-order valence-corrected chi connectivity index (χ3v) is 2.51. The molecular formula is C10H8O4Se. The van der Waals surface area contributed by atoms with Crippen molar-refractivity contribution in [3.8, 4) is 0 Å². The fourth-order valence-corrected chi connectivity index (χ4v) is 1.46. The molecule has 5 heteroatoms. The molecule has 0 atom stereocenters. The van der Waals surface area contributed by atoms with E-state index < -0.39 is 11.9 Å². The van der Waals surface area contributed by atoms with Gasteiger partial charge >= 0.3 is 93.5 Å². The Labute approximate surface area is 93.9 Å². The van der Waals surface area contributed by atoms with Crippen LogP contribution in [0.15, 0.2) is 24.3 Å². The summed E-state index contributed by atoms with van der Waals surface area (Å²) in [6.45, 7) is 0. The Balaban J connectivity index is 2.99. The van der Waals surface area contributed by atoms with E-state index >= 15 is 0 Å². The quantitative estimate of drug-likeness (QED) is 0.775. The first-order valence-corrected chi connectivity index (χ1v) is 4.95. The van der Waals surface area contributed by atoms with Gasteiger partial charge in [-0.05, 0) is 0 Å². The van der Waals surface area contributed by atoms with Crippen molar-refractivity contribution in [1.29, 1.82) is 0 Å². The van der Waals surface area contributed by atoms with Crippen LogP contribution in [0.2, 0.25) is 0 Å². The van der Waals surface area contributed by atoms with Crippen molar-refractivity contribution in [1.82, 2.24) is 0 Å². The van der Waals surface area contributed by atoms with Crippen molar-refractivity contribution in [2.24, 2.45) is 0 Å². The number of hydrogen-bond acceptors (Lipinski definition) is 2. The summed E-state index contributed by atoms with van der Waals surface area (Å²) in [6.07, 6.45) is 0.0950. The minimum absolute atomic E-state index is 0.0950. The van der Waals surface area contributed by atoms with Crippen molar-refractivity contribution in [3.63, 3.8) is 0 Å². The second kappa shape index (κ2) is 4.87. The first-order chi connectivity index (χ1) is 7.02. The molecule has 2 N–H and O–H groups in total. The molecular weight excluding hydrogens is 263 g/mol. The summed E-state index contributed by atoms with van der Waals surface area (Å²) < 4.78 is 0.101. The summed E-state index contributed by atoms with van der Waals surface area (Å²) in [7, 11) is 0. The zero-order chi connectivity index (χ0) is 11.4. The van der Waals surface area contributed by atoms with Crippen LogP contribution in [0.3, 0.4) is 0 Å². The van der Waals surface area contributed by atoms with E-state index in [0.29, 0.717) is 5.56 Å². The Bertz CT molecular complexity index is 425. The molecule has 4 nitrogen and oxygen atoms in total. The van der Waals surface area contributed by atoms with Gasteiger partial charge in [-0.1, -0.05) is 0 Å². The zero-order valence-electron chi connectivity index (χ0n) is 7.64. The Morgan fingerprint density at radius 2 is 1.80 bits per heavy atom. The monoisotopic (exact) mass is 272 g/mol. The molecule has 1 rings (SSSR count). The number of aliphatic carboxylic acids is 1. The molecule has 0 saturated heterocycles. The summed E-state index contributed by atoms with van der Waals surface area (Å²) in [6, 6.07) is 6.33. The predicted octanol–water partition coefficient (Wildman–Crippen LogP) is 0.353. The Kier molecular flexibility index (Phi) is 3.77. The molecule has 1 aromatic carbocycles. The van der Waals surface area contributed by atoms with Gasteiger partial charge in [-0.2, -0.15) is 0 Å². The first-order valence-electron chi connectivity index (χ1n) is 4.09.